The third kappa shape index (κ3) is 6.67. The predicted molar refractivity (Wildman–Crippen MR) is 140 cm³/mol. The van der Waals surface area contributed by atoms with Crippen LogP contribution in [0.3, 0.4) is 0 Å². The van der Waals surface area contributed by atoms with Gasteiger partial charge in [-0.1, -0.05) is 39.0 Å². The summed E-state index contributed by atoms with van der Waals surface area (Å²) in [6.07, 6.45) is 0. The smallest absolute Gasteiger partial charge is 0.337 e. The van der Waals surface area contributed by atoms with Gasteiger partial charge in [-0.05, 0) is 53.4 Å². The molecule has 0 aromatic heterocycles. The Morgan fingerprint density at radius 2 is 1.38 bits per heavy atom. The molecule has 0 aliphatic heterocycles. The van der Waals surface area contributed by atoms with E-state index in [1.54, 1.807) is 25.3 Å². The van der Waals surface area contributed by atoms with Crippen LogP contribution in [0.5, 0.6) is 11.5 Å². The molecule has 0 spiro atoms. The maximum absolute atomic E-state index is 13.1. The van der Waals surface area contributed by atoms with Crippen molar-refractivity contribution in [2.75, 3.05) is 26.6 Å². The number of hydrogen-bond acceptors (Lipinski definition) is 7. The lowest BCUT2D eigenvalue weighted by molar-refractivity contribution is 0.0598. The van der Waals surface area contributed by atoms with Gasteiger partial charge in [0.15, 0.2) is 0 Å². The predicted octanol–water partition coefficient (Wildman–Crippen LogP) is 5.40. The lowest BCUT2D eigenvalue weighted by Crippen LogP contribution is -2.15. The molecule has 3 rings (SSSR count). The Morgan fingerprint density at radius 3 is 1.95 bits per heavy atom. The maximum atomic E-state index is 13.1. The summed E-state index contributed by atoms with van der Waals surface area (Å²) in [5, 5.41) is 2.73. The van der Waals surface area contributed by atoms with Crippen LogP contribution in [0.2, 0.25) is 0 Å². The summed E-state index contributed by atoms with van der Waals surface area (Å²) in [7, 11) is 4.01. The number of carbonyl (C=O) groups is 3. The second-order valence-corrected chi connectivity index (χ2v) is 9.30. The van der Waals surface area contributed by atoms with Gasteiger partial charge in [-0.2, -0.15) is 0 Å². The van der Waals surface area contributed by atoms with Crippen LogP contribution in [0.1, 0.15) is 63.0 Å². The Labute approximate surface area is 216 Å². The van der Waals surface area contributed by atoms with Crippen LogP contribution in [-0.2, 0) is 21.5 Å². The molecule has 8 nitrogen and oxygen atoms in total. The molecule has 0 saturated heterocycles. The van der Waals surface area contributed by atoms with Crippen molar-refractivity contribution in [1.82, 2.24) is 0 Å². The van der Waals surface area contributed by atoms with E-state index in [9.17, 15) is 14.4 Å². The molecule has 0 bridgehead atoms. The topological polar surface area (TPSA) is 100 Å². The van der Waals surface area contributed by atoms with E-state index in [-0.39, 0.29) is 28.8 Å². The van der Waals surface area contributed by atoms with Crippen LogP contribution in [0.25, 0.3) is 0 Å². The van der Waals surface area contributed by atoms with Gasteiger partial charge >= 0.3 is 11.9 Å². The summed E-state index contributed by atoms with van der Waals surface area (Å²) >= 11 is 0. The summed E-state index contributed by atoms with van der Waals surface area (Å²) in [6.45, 7) is 6.52. The standard InChI is InChI=1S/C29H31NO7/c1-29(2,3)23-9-7-8-10-25(23)37-17-21-13-18(11-12-24(21)34-4)26(31)30-22-15-19(27(32)35-5)14-20(16-22)28(33)36-6/h7-16H,17H2,1-6H3,(H,30,31). The first-order valence-electron chi connectivity index (χ1n) is 11.6. The summed E-state index contributed by atoms with van der Waals surface area (Å²) in [6, 6.07) is 17.0. The highest BCUT2D eigenvalue weighted by Crippen LogP contribution is 2.32. The molecule has 1 amide bonds. The van der Waals surface area contributed by atoms with E-state index in [2.05, 4.69) is 26.1 Å². The van der Waals surface area contributed by atoms with Crippen molar-refractivity contribution in [1.29, 1.82) is 0 Å². The second kappa shape index (κ2) is 11.6. The zero-order valence-corrected chi connectivity index (χ0v) is 21.8. The minimum Gasteiger partial charge on any atom is -0.496 e. The highest BCUT2D eigenvalue weighted by Gasteiger charge is 2.20. The van der Waals surface area contributed by atoms with Gasteiger partial charge in [0.05, 0.1) is 32.5 Å². The third-order valence-electron chi connectivity index (χ3n) is 5.65. The Kier molecular flexibility index (Phi) is 8.55. The number of hydrogen-bond donors (Lipinski definition) is 1. The molecule has 0 atom stereocenters. The van der Waals surface area contributed by atoms with E-state index < -0.39 is 17.8 Å². The zero-order chi connectivity index (χ0) is 27.2. The summed E-state index contributed by atoms with van der Waals surface area (Å²) in [5.41, 5.74) is 2.41. The van der Waals surface area contributed by atoms with Crippen LogP contribution in [0, 0.1) is 0 Å². The van der Waals surface area contributed by atoms with E-state index >= 15 is 0 Å². The molecule has 37 heavy (non-hydrogen) atoms. The van der Waals surface area contributed by atoms with Crippen LogP contribution < -0.4 is 14.8 Å². The van der Waals surface area contributed by atoms with Crippen LogP contribution in [0.15, 0.2) is 60.7 Å². The van der Waals surface area contributed by atoms with E-state index in [4.69, 9.17) is 18.9 Å². The van der Waals surface area contributed by atoms with Gasteiger partial charge in [0.1, 0.15) is 18.1 Å². The first-order valence-corrected chi connectivity index (χ1v) is 11.6. The molecule has 194 valence electrons. The van der Waals surface area contributed by atoms with Gasteiger partial charge in [-0.25, -0.2) is 9.59 Å². The monoisotopic (exact) mass is 505 g/mol. The number of methoxy groups -OCH3 is 3. The minimum absolute atomic E-state index is 0.0991. The number of nitrogens with one attached hydrogen (secondary N) is 1. The fourth-order valence-corrected chi connectivity index (χ4v) is 3.77. The summed E-state index contributed by atoms with van der Waals surface area (Å²) < 4.78 is 21.1. The average molecular weight is 506 g/mol. The highest BCUT2D eigenvalue weighted by molar-refractivity contribution is 6.06. The van der Waals surface area contributed by atoms with Gasteiger partial charge in [0.2, 0.25) is 0 Å². The number of esters is 2. The van der Waals surface area contributed by atoms with Crippen molar-refractivity contribution in [2.45, 2.75) is 32.8 Å². The number of rotatable bonds is 8. The molecule has 8 heteroatoms. The molecule has 1 N–H and O–H groups in total. The van der Waals surface area contributed by atoms with Gasteiger partial charge in [0.25, 0.3) is 5.91 Å². The molecular formula is C29H31NO7. The Hall–Kier alpha value is -4.33. The highest BCUT2D eigenvalue weighted by atomic mass is 16.5. The molecule has 0 radical (unpaired) electrons. The molecule has 0 saturated carbocycles. The van der Waals surface area contributed by atoms with Gasteiger partial charge in [-0.15, -0.1) is 0 Å². The molecule has 0 aliphatic carbocycles. The fourth-order valence-electron chi connectivity index (χ4n) is 3.77. The number of benzene rings is 3. The van der Waals surface area contributed by atoms with E-state index in [1.165, 1.54) is 32.4 Å². The molecule has 0 unspecified atom stereocenters. The zero-order valence-electron chi connectivity index (χ0n) is 21.8. The number of amides is 1. The quantitative estimate of drug-likeness (QED) is 0.409. The van der Waals surface area contributed by atoms with E-state index in [1.807, 2.05) is 24.3 Å². The van der Waals surface area contributed by atoms with Crippen LogP contribution in [-0.4, -0.2) is 39.2 Å². The Balaban J connectivity index is 1.87. The minimum atomic E-state index is -0.652. The van der Waals surface area contributed by atoms with Crippen LogP contribution in [0.4, 0.5) is 5.69 Å². The van der Waals surface area contributed by atoms with Crippen molar-refractivity contribution < 1.29 is 33.3 Å². The number of carbonyl (C=O) groups excluding carboxylic acids is 3. The molecule has 3 aromatic carbocycles. The summed E-state index contributed by atoms with van der Waals surface area (Å²) in [4.78, 5) is 37.2. The van der Waals surface area contributed by atoms with Crippen molar-refractivity contribution in [3.8, 4) is 11.5 Å². The number of ether oxygens (including phenoxy) is 4. The fraction of sp³-hybridized carbons (Fsp3) is 0.276. The number of anilines is 1. The Morgan fingerprint density at radius 1 is 0.757 bits per heavy atom. The van der Waals surface area contributed by atoms with Crippen molar-refractivity contribution >= 4 is 23.5 Å². The average Bonchev–Trinajstić information content (AvgIpc) is 2.90. The van der Waals surface area contributed by atoms with Crippen LogP contribution >= 0.6 is 0 Å². The second-order valence-electron chi connectivity index (χ2n) is 9.30. The molecular weight excluding hydrogens is 474 g/mol. The van der Waals surface area contributed by atoms with Crippen molar-refractivity contribution in [3.05, 3.63) is 88.5 Å². The molecule has 0 aliphatic rings. The molecule has 0 heterocycles. The molecule has 3 aromatic rings. The number of para-hydroxylation sites is 1. The lowest BCUT2D eigenvalue weighted by Gasteiger charge is -2.23. The Bertz CT molecular complexity index is 1270. The van der Waals surface area contributed by atoms with E-state index in [0.29, 0.717) is 16.9 Å². The lowest BCUT2D eigenvalue weighted by atomic mass is 9.86. The van der Waals surface area contributed by atoms with Gasteiger partial charge in [-0.3, -0.25) is 4.79 Å². The first-order chi connectivity index (χ1) is 17.6. The van der Waals surface area contributed by atoms with Gasteiger partial charge in [0, 0.05) is 16.8 Å². The normalized spacial score (nSPS) is 10.9. The largest absolute Gasteiger partial charge is 0.496 e. The maximum Gasteiger partial charge on any atom is 0.337 e. The molecule has 0 fully saturated rings. The third-order valence-corrected chi connectivity index (χ3v) is 5.65. The summed E-state index contributed by atoms with van der Waals surface area (Å²) in [5.74, 6) is -0.425. The van der Waals surface area contributed by atoms with Crippen molar-refractivity contribution in [2.24, 2.45) is 0 Å². The van der Waals surface area contributed by atoms with E-state index in [0.717, 1.165) is 11.3 Å². The SMILES string of the molecule is COC(=O)c1cc(NC(=O)c2ccc(OC)c(COc3ccccc3C(C)(C)C)c2)cc(C(=O)OC)c1. The van der Waals surface area contributed by atoms with Crippen molar-refractivity contribution in [3.63, 3.8) is 0 Å². The first kappa shape index (κ1) is 27.3. The van der Waals surface area contributed by atoms with Gasteiger partial charge < -0.3 is 24.3 Å².